The predicted octanol–water partition coefficient (Wildman–Crippen LogP) is 4.34. The molecule has 4 nitrogen and oxygen atoms in total. The molecular formula is C17H24Cl2N2O2. The monoisotopic (exact) mass is 358 g/mol. The second kappa shape index (κ2) is 7.73. The fourth-order valence-electron chi connectivity index (χ4n) is 2.57. The van der Waals surface area contributed by atoms with Crippen molar-refractivity contribution in [2.24, 2.45) is 5.92 Å². The quantitative estimate of drug-likeness (QED) is 0.870. The molecule has 1 atom stereocenters. The highest BCUT2D eigenvalue weighted by molar-refractivity contribution is 6.35. The van der Waals surface area contributed by atoms with Crippen molar-refractivity contribution in [3.05, 3.63) is 33.8 Å². The van der Waals surface area contributed by atoms with Crippen molar-refractivity contribution in [2.75, 3.05) is 19.6 Å². The van der Waals surface area contributed by atoms with Gasteiger partial charge < -0.3 is 15.0 Å². The number of amides is 1. The lowest BCUT2D eigenvalue weighted by Gasteiger charge is -2.24. The van der Waals surface area contributed by atoms with Crippen LogP contribution in [0.1, 0.15) is 32.8 Å². The lowest BCUT2D eigenvalue weighted by Crippen LogP contribution is -2.36. The predicted molar refractivity (Wildman–Crippen MR) is 94.1 cm³/mol. The Kier molecular flexibility index (Phi) is 6.18. The van der Waals surface area contributed by atoms with Gasteiger partial charge in [0.1, 0.15) is 5.60 Å². The standard InChI is InChI=1S/C17H24Cl2N2O2/c1-17(2,3)23-16(22)21-7-6-12(11-21)9-20-10-13-4-5-14(18)8-15(13)19/h4-5,8,12,20H,6-7,9-11H2,1-3H3/t12-/m1/s1. The fourth-order valence-corrected chi connectivity index (χ4v) is 3.04. The number of halogens is 2. The van der Waals surface area contributed by atoms with Crippen molar-refractivity contribution in [2.45, 2.75) is 39.3 Å². The van der Waals surface area contributed by atoms with Crippen molar-refractivity contribution in [3.63, 3.8) is 0 Å². The van der Waals surface area contributed by atoms with Gasteiger partial charge in [0.2, 0.25) is 0 Å². The first kappa shape index (κ1) is 18.4. The van der Waals surface area contributed by atoms with Crippen LogP contribution in [0, 0.1) is 5.92 Å². The van der Waals surface area contributed by atoms with Crippen molar-refractivity contribution in [1.29, 1.82) is 0 Å². The molecule has 128 valence electrons. The molecule has 1 aliphatic heterocycles. The van der Waals surface area contributed by atoms with E-state index in [0.29, 0.717) is 22.5 Å². The van der Waals surface area contributed by atoms with E-state index in [0.717, 1.165) is 31.6 Å². The highest BCUT2D eigenvalue weighted by Crippen LogP contribution is 2.22. The number of hydrogen-bond donors (Lipinski definition) is 1. The van der Waals surface area contributed by atoms with E-state index in [9.17, 15) is 4.79 Å². The summed E-state index contributed by atoms with van der Waals surface area (Å²) in [5.74, 6) is 0.439. The second-order valence-corrected chi connectivity index (χ2v) is 7.79. The number of rotatable bonds is 4. The molecule has 0 bridgehead atoms. The third-order valence-electron chi connectivity index (χ3n) is 3.70. The van der Waals surface area contributed by atoms with Crippen LogP contribution in [-0.2, 0) is 11.3 Å². The maximum absolute atomic E-state index is 12.0. The van der Waals surface area contributed by atoms with Crippen LogP contribution >= 0.6 is 23.2 Å². The maximum atomic E-state index is 12.0. The SMILES string of the molecule is CC(C)(C)OC(=O)N1CC[C@H](CNCc2ccc(Cl)cc2Cl)C1. The Labute approximate surface area is 148 Å². The summed E-state index contributed by atoms with van der Waals surface area (Å²) in [5, 5.41) is 4.72. The molecule has 0 aromatic heterocycles. The molecule has 1 aromatic carbocycles. The highest BCUT2D eigenvalue weighted by Gasteiger charge is 2.29. The molecular weight excluding hydrogens is 335 g/mol. The van der Waals surface area contributed by atoms with Crippen molar-refractivity contribution >= 4 is 29.3 Å². The summed E-state index contributed by atoms with van der Waals surface area (Å²) in [6, 6.07) is 5.52. The summed E-state index contributed by atoms with van der Waals surface area (Å²) in [5.41, 5.74) is 0.580. The van der Waals surface area contributed by atoms with Gasteiger partial charge in [-0.25, -0.2) is 4.79 Å². The molecule has 0 radical (unpaired) electrons. The summed E-state index contributed by atoms with van der Waals surface area (Å²) < 4.78 is 5.41. The van der Waals surface area contributed by atoms with E-state index in [1.807, 2.05) is 32.9 Å². The Morgan fingerprint density at radius 2 is 2.13 bits per heavy atom. The number of hydrogen-bond acceptors (Lipinski definition) is 3. The van der Waals surface area contributed by atoms with Gasteiger partial charge in [-0.3, -0.25) is 0 Å². The van der Waals surface area contributed by atoms with Gasteiger partial charge in [-0.15, -0.1) is 0 Å². The lowest BCUT2D eigenvalue weighted by molar-refractivity contribution is 0.0288. The second-order valence-electron chi connectivity index (χ2n) is 6.95. The molecule has 1 N–H and O–H groups in total. The zero-order chi connectivity index (χ0) is 17.0. The summed E-state index contributed by atoms with van der Waals surface area (Å²) in [6.07, 6.45) is 0.765. The van der Waals surface area contributed by atoms with Crippen LogP contribution in [0.4, 0.5) is 4.79 Å². The third kappa shape index (κ3) is 5.87. The van der Waals surface area contributed by atoms with Crippen LogP contribution in [-0.4, -0.2) is 36.2 Å². The molecule has 1 amide bonds. The molecule has 6 heteroatoms. The number of carbonyl (C=O) groups excluding carboxylic acids is 1. The minimum atomic E-state index is -0.446. The molecule has 0 aliphatic carbocycles. The first-order valence-electron chi connectivity index (χ1n) is 7.87. The molecule has 1 aromatic rings. The van der Waals surface area contributed by atoms with E-state index in [-0.39, 0.29) is 6.09 Å². The zero-order valence-electron chi connectivity index (χ0n) is 13.9. The maximum Gasteiger partial charge on any atom is 0.410 e. The number of carbonyl (C=O) groups is 1. The van der Waals surface area contributed by atoms with Crippen LogP contribution in [0.15, 0.2) is 18.2 Å². The van der Waals surface area contributed by atoms with E-state index >= 15 is 0 Å². The van der Waals surface area contributed by atoms with E-state index < -0.39 is 5.60 Å². The van der Waals surface area contributed by atoms with Gasteiger partial charge in [0.05, 0.1) is 0 Å². The first-order chi connectivity index (χ1) is 10.7. The Morgan fingerprint density at radius 1 is 1.39 bits per heavy atom. The summed E-state index contributed by atoms with van der Waals surface area (Å²) in [4.78, 5) is 13.8. The Bertz CT molecular complexity index is 558. The average Bonchev–Trinajstić information content (AvgIpc) is 2.88. The van der Waals surface area contributed by atoms with Gasteiger partial charge in [0.15, 0.2) is 0 Å². The lowest BCUT2D eigenvalue weighted by atomic mass is 10.1. The minimum absolute atomic E-state index is 0.222. The minimum Gasteiger partial charge on any atom is -0.444 e. The number of benzene rings is 1. The number of ether oxygens (including phenoxy) is 1. The highest BCUT2D eigenvalue weighted by atomic mass is 35.5. The van der Waals surface area contributed by atoms with Gasteiger partial charge in [0, 0.05) is 36.2 Å². The third-order valence-corrected chi connectivity index (χ3v) is 4.29. The summed E-state index contributed by atoms with van der Waals surface area (Å²) >= 11 is 12.0. The van der Waals surface area contributed by atoms with E-state index in [4.69, 9.17) is 27.9 Å². The molecule has 1 fully saturated rings. The van der Waals surface area contributed by atoms with Crippen molar-refractivity contribution < 1.29 is 9.53 Å². The summed E-state index contributed by atoms with van der Waals surface area (Å²) in [6.45, 7) is 8.68. The average molecular weight is 359 g/mol. The zero-order valence-corrected chi connectivity index (χ0v) is 15.4. The molecule has 1 heterocycles. The van der Waals surface area contributed by atoms with E-state index in [1.54, 1.807) is 11.0 Å². The summed E-state index contributed by atoms with van der Waals surface area (Å²) in [7, 11) is 0. The number of nitrogens with one attached hydrogen (secondary N) is 1. The fraction of sp³-hybridized carbons (Fsp3) is 0.588. The van der Waals surface area contributed by atoms with E-state index in [1.165, 1.54) is 0 Å². The topological polar surface area (TPSA) is 41.6 Å². The Hall–Kier alpha value is -0.970. The Balaban J connectivity index is 1.74. The van der Waals surface area contributed by atoms with Gasteiger partial charge in [-0.2, -0.15) is 0 Å². The molecule has 1 aliphatic rings. The molecule has 1 saturated heterocycles. The van der Waals surface area contributed by atoms with Gasteiger partial charge >= 0.3 is 6.09 Å². The van der Waals surface area contributed by atoms with Crippen LogP contribution < -0.4 is 5.32 Å². The molecule has 0 spiro atoms. The number of likely N-dealkylation sites (tertiary alicyclic amines) is 1. The van der Waals surface area contributed by atoms with Crippen LogP contribution in [0.5, 0.6) is 0 Å². The molecule has 2 rings (SSSR count). The van der Waals surface area contributed by atoms with E-state index in [2.05, 4.69) is 5.32 Å². The van der Waals surface area contributed by atoms with Gasteiger partial charge in [-0.05, 0) is 50.8 Å². The van der Waals surface area contributed by atoms with Crippen LogP contribution in [0.25, 0.3) is 0 Å². The number of nitrogens with zero attached hydrogens (tertiary/aromatic N) is 1. The van der Waals surface area contributed by atoms with Crippen LogP contribution in [0.3, 0.4) is 0 Å². The first-order valence-corrected chi connectivity index (χ1v) is 8.63. The van der Waals surface area contributed by atoms with Crippen molar-refractivity contribution in [1.82, 2.24) is 10.2 Å². The molecule has 0 saturated carbocycles. The van der Waals surface area contributed by atoms with Crippen LogP contribution in [0.2, 0.25) is 10.0 Å². The normalized spacial score (nSPS) is 18.3. The van der Waals surface area contributed by atoms with Crippen molar-refractivity contribution in [3.8, 4) is 0 Å². The largest absolute Gasteiger partial charge is 0.444 e. The van der Waals surface area contributed by atoms with Gasteiger partial charge in [0.25, 0.3) is 0 Å². The molecule has 0 unspecified atom stereocenters. The Morgan fingerprint density at radius 3 is 2.78 bits per heavy atom. The molecule has 23 heavy (non-hydrogen) atoms. The smallest absolute Gasteiger partial charge is 0.410 e. The van der Waals surface area contributed by atoms with Gasteiger partial charge in [-0.1, -0.05) is 29.3 Å².